The van der Waals surface area contributed by atoms with E-state index in [0.29, 0.717) is 24.7 Å². The summed E-state index contributed by atoms with van der Waals surface area (Å²) >= 11 is 0. The first-order valence-electron chi connectivity index (χ1n) is 11.4. The van der Waals surface area contributed by atoms with Crippen molar-refractivity contribution < 1.29 is 13.9 Å². The third-order valence-electron chi connectivity index (χ3n) is 6.42. The highest BCUT2D eigenvalue weighted by Crippen LogP contribution is 2.27. The number of esters is 1. The van der Waals surface area contributed by atoms with Crippen LogP contribution >= 0.6 is 0 Å². The van der Waals surface area contributed by atoms with Crippen molar-refractivity contribution in [1.29, 1.82) is 0 Å². The van der Waals surface area contributed by atoms with Crippen molar-refractivity contribution in [2.75, 3.05) is 7.11 Å². The van der Waals surface area contributed by atoms with Crippen LogP contribution in [-0.4, -0.2) is 28.6 Å². The van der Waals surface area contributed by atoms with Gasteiger partial charge in [0.25, 0.3) is 0 Å². The summed E-state index contributed by atoms with van der Waals surface area (Å²) in [5.41, 5.74) is 3.76. The molecule has 0 aliphatic heterocycles. The lowest BCUT2D eigenvalue weighted by Crippen LogP contribution is -2.36. The average Bonchev–Trinajstić information content (AvgIpc) is 3.25. The molecule has 2 aromatic carbocycles. The molecule has 0 atom stereocenters. The standard InChI is InChI=1S/C27H31FN2O2/c1-32-27(31)26-15-6-5-10-22(26)19-30(24-12-3-2-4-13-24)20-25-14-8-16-29(25)18-21-9-7-11-23(28)17-21/h5-11,14-17,24H,2-4,12-13,18-20H2,1H3. The second-order valence-electron chi connectivity index (χ2n) is 8.60. The van der Waals surface area contributed by atoms with E-state index in [9.17, 15) is 9.18 Å². The van der Waals surface area contributed by atoms with Gasteiger partial charge in [0.2, 0.25) is 0 Å². The largest absolute Gasteiger partial charge is 0.465 e. The van der Waals surface area contributed by atoms with E-state index in [1.807, 2.05) is 30.3 Å². The molecule has 0 unspecified atom stereocenters. The predicted octanol–water partition coefficient (Wildman–Crippen LogP) is 5.80. The van der Waals surface area contributed by atoms with Gasteiger partial charge in [-0.05, 0) is 54.3 Å². The van der Waals surface area contributed by atoms with Crippen LogP contribution in [0.3, 0.4) is 0 Å². The lowest BCUT2D eigenvalue weighted by molar-refractivity contribution is 0.0596. The second kappa shape index (κ2) is 10.6. The molecule has 168 valence electrons. The van der Waals surface area contributed by atoms with Gasteiger partial charge >= 0.3 is 5.97 Å². The zero-order valence-corrected chi connectivity index (χ0v) is 18.7. The fourth-order valence-electron chi connectivity index (χ4n) is 4.73. The van der Waals surface area contributed by atoms with Gasteiger partial charge in [0.15, 0.2) is 0 Å². The van der Waals surface area contributed by atoms with Crippen molar-refractivity contribution in [1.82, 2.24) is 9.47 Å². The quantitative estimate of drug-likeness (QED) is 0.421. The van der Waals surface area contributed by atoms with E-state index in [1.165, 1.54) is 51.0 Å². The molecule has 1 heterocycles. The second-order valence-corrected chi connectivity index (χ2v) is 8.60. The highest BCUT2D eigenvalue weighted by molar-refractivity contribution is 5.90. The SMILES string of the molecule is COC(=O)c1ccccc1CN(Cc1cccn1Cc1cccc(F)c1)C1CCCCC1. The fourth-order valence-corrected chi connectivity index (χ4v) is 4.73. The molecule has 0 radical (unpaired) electrons. The molecule has 4 nitrogen and oxygen atoms in total. The molecule has 5 heteroatoms. The van der Waals surface area contributed by atoms with E-state index in [-0.39, 0.29) is 11.8 Å². The minimum absolute atomic E-state index is 0.209. The van der Waals surface area contributed by atoms with Gasteiger partial charge in [-0.15, -0.1) is 0 Å². The molecule has 0 amide bonds. The van der Waals surface area contributed by atoms with E-state index in [2.05, 4.69) is 27.8 Å². The Kier molecular flexibility index (Phi) is 7.38. The highest BCUT2D eigenvalue weighted by atomic mass is 19.1. The van der Waals surface area contributed by atoms with Crippen LogP contribution < -0.4 is 0 Å². The maximum Gasteiger partial charge on any atom is 0.338 e. The van der Waals surface area contributed by atoms with Crippen LogP contribution in [0.25, 0.3) is 0 Å². The average molecular weight is 435 g/mol. The Morgan fingerprint density at radius 3 is 2.62 bits per heavy atom. The van der Waals surface area contributed by atoms with Gasteiger partial charge in [-0.25, -0.2) is 9.18 Å². The van der Waals surface area contributed by atoms with Gasteiger partial charge in [-0.2, -0.15) is 0 Å². The molecule has 1 aliphatic carbocycles. The van der Waals surface area contributed by atoms with Crippen LogP contribution in [0, 0.1) is 5.82 Å². The number of hydrogen-bond acceptors (Lipinski definition) is 3. The van der Waals surface area contributed by atoms with E-state index in [0.717, 1.165) is 17.7 Å². The number of carbonyl (C=O) groups is 1. The van der Waals surface area contributed by atoms with Gasteiger partial charge < -0.3 is 9.30 Å². The number of ether oxygens (including phenoxy) is 1. The molecule has 1 aliphatic rings. The van der Waals surface area contributed by atoms with Gasteiger partial charge in [-0.1, -0.05) is 49.6 Å². The third kappa shape index (κ3) is 5.46. The molecule has 0 spiro atoms. The van der Waals surface area contributed by atoms with Crippen molar-refractivity contribution in [3.05, 3.63) is 95.1 Å². The monoisotopic (exact) mass is 434 g/mol. The zero-order chi connectivity index (χ0) is 22.3. The van der Waals surface area contributed by atoms with Gasteiger partial charge in [0, 0.05) is 37.6 Å². The van der Waals surface area contributed by atoms with Crippen LogP contribution in [-0.2, 0) is 24.4 Å². The fraction of sp³-hybridized carbons (Fsp3) is 0.370. The minimum Gasteiger partial charge on any atom is -0.465 e. The van der Waals surface area contributed by atoms with Crippen LogP contribution in [0.1, 0.15) is 59.3 Å². The molecule has 1 saturated carbocycles. The van der Waals surface area contributed by atoms with E-state index in [1.54, 1.807) is 12.1 Å². The summed E-state index contributed by atoms with van der Waals surface area (Å²) in [6.45, 7) is 2.11. The number of benzene rings is 2. The molecule has 1 fully saturated rings. The van der Waals surface area contributed by atoms with Crippen molar-refractivity contribution in [3.8, 4) is 0 Å². The van der Waals surface area contributed by atoms with Crippen molar-refractivity contribution in [2.24, 2.45) is 0 Å². The van der Waals surface area contributed by atoms with Crippen LogP contribution in [0.5, 0.6) is 0 Å². The van der Waals surface area contributed by atoms with Crippen LogP contribution in [0.15, 0.2) is 66.9 Å². The summed E-state index contributed by atoms with van der Waals surface area (Å²) in [6, 6.07) is 19.2. The zero-order valence-electron chi connectivity index (χ0n) is 18.7. The Hall–Kier alpha value is -2.92. The number of rotatable bonds is 8. The summed E-state index contributed by atoms with van der Waals surface area (Å²) in [6.07, 6.45) is 8.17. The molecule has 4 rings (SSSR count). The third-order valence-corrected chi connectivity index (χ3v) is 6.42. The van der Waals surface area contributed by atoms with Gasteiger partial charge in [0.05, 0.1) is 12.7 Å². The number of hydrogen-bond donors (Lipinski definition) is 0. The Morgan fingerprint density at radius 2 is 1.84 bits per heavy atom. The number of methoxy groups -OCH3 is 1. The van der Waals surface area contributed by atoms with Crippen molar-refractivity contribution >= 4 is 5.97 Å². The molecular formula is C27H31FN2O2. The molecule has 1 aromatic heterocycles. The molecule has 0 N–H and O–H groups in total. The Morgan fingerprint density at radius 1 is 1.03 bits per heavy atom. The van der Waals surface area contributed by atoms with Crippen LogP contribution in [0.4, 0.5) is 4.39 Å². The summed E-state index contributed by atoms with van der Waals surface area (Å²) in [5, 5.41) is 0. The molecule has 0 saturated heterocycles. The summed E-state index contributed by atoms with van der Waals surface area (Å²) in [5.74, 6) is -0.502. The smallest absolute Gasteiger partial charge is 0.338 e. The lowest BCUT2D eigenvalue weighted by atomic mass is 9.93. The highest BCUT2D eigenvalue weighted by Gasteiger charge is 2.24. The number of aromatic nitrogens is 1. The van der Waals surface area contributed by atoms with Crippen molar-refractivity contribution in [2.45, 2.75) is 57.8 Å². The normalized spacial score (nSPS) is 14.6. The van der Waals surface area contributed by atoms with Gasteiger partial charge in [0.1, 0.15) is 5.82 Å². The maximum atomic E-state index is 13.7. The Balaban J connectivity index is 1.58. The summed E-state index contributed by atoms with van der Waals surface area (Å²) < 4.78 is 20.9. The van der Waals surface area contributed by atoms with Crippen molar-refractivity contribution in [3.63, 3.8) is 0 Å². The van der Waals surface area contributed by atoms with Crippen LogP contribution in [0.2, 0.25) is 0 Å². The molecule has 3 aromatic rings. The molecular weight excluding hydrogens is 403 g/mol. The topological polar surface area (TPSA) is 34.5 Å². The van der Waals surface area contributed by atoms with E-state index in [4.69, 9.17) is 4.74 Å². The Labute approximate surface area is 189 Å². The maximum absolute atomic E-state index is 13.7. The van der Waals surface area contributed by atoms with E-state index < -0.39 is 0 Å². The minimum atomic E-state index is -0.293. The number of nitrogens with zero attached hydrogens (tertiary/aromatic N) is 2. The predicted molar refractivity (Wildman–Crippen MR) is 124 cm³/mol. The molecule has 32 heavy (non-hydrogen) atoms. The first kappa shape index (κ1) is 22.3. The summed E-state index contributed by atoms with van der Waals surface area (Å²) in [4.78, 5) is 14.8. The first-order valence-corrected chi connectivity index (χ1v) is 11.4. The lowest BCUT2D eigenvalue weighted by Gasteiger charge is -2.35. The summed E-state index contributed by atoms with van der Waals surface area (Å²) in [7, 11) is 1.43. The number of halogens is 1. The number of carbonyl (C=O) groups excluding carboxylic acids is 1. The van der Waals surface area contributed by atoms with E-state index >= 15 is 0 Å². The molecule has 0 bridgehead atoms. The first-order chi connectivity index (χ1) is 15.6. The Bertz CT molecular complexity index is 1040. The van der Waals surface area contributed by atoms with Gasteiger partial charge in [-0.3, -0.25) is 4.90 Å².